The van der Waals surface area contributed by atoms with Crippen LogP contribution in [0, 0.1) is 5.41 Å². The summed E-state index contributed by atoms with van der Waals surface area (Å²) >= 11 is 3.31. The van der Waals surface area contributed by atoms with Gasteiger partial charge in [-0.3, -0.25) is 15.0 Å². The molecule has 9 heteroatoms. The molecule has 0 radical (unpaired) electrons. The zero-order chi connectivity index (χ0) is 24.1. The number of halogens is 1. The molecule has 2 heterocycles. The van der Waals surface area contributed by atoms with E-state index in [0.29, 0.717) is 28.7 Å². The average Bonchev–Trinajstić information content (AvgIpc) is 3.40. The Morgan fingerprint density at radius 3 is 2.32 bits per heavy atom. The van der Waals surface area contributed by atoms with Crippen LogP contribution < -0.4 is 15.4 Å². The Balaban J connectivity index is 1.51. The number of hydrogen-bond acceptors (Lipinski definition) is 5. The van der Waals surface area contributed by atoms with Gasteiger partial charge in [-0.05, 0) is 71.2 Å². The van der Waals surface area contributed by atoms with E-state index in [-0.39, 0.29) is 11.5 Å². The van der Waals surface area contributed by atoms with E-state index in [0.717, 1.165) is 36.0 Å². The molecule has 3 aromatic rings. The fraction of sp³-hybridized carbons (Fsp3) is 0.200. The summed E-state index contributed by atoms with van der Waals surface area (Å²) in [5, 5.41) is 13.9. The standard InChI is InChI=1S/C25H24BrN5O3/c1-34-19-9-10-21(20(14-19)25(33)30-22-11-8-18(26)15-28-22)29-24(32)17-6-4-16(5-7-17)23(27)31-12-2-3-13-31/h4-11,14-15,27H,2-3,12-13H2,1H3,(H,29,32)(H,28,30,33). The zero-order valence-corrected chi connectivity index (χ0v) is 20.2. The molecule has 1 saturated heterocycles. The third kappa shape index (κ3) is 5.43. The van der Waals surface area contributed by atoms with Gasteiger partial charge in [0.2, 0.25) is 0 Å². The largest absolute Gasteiger partial charge is 0.497 e. The fourth-order valence-electron chi connectivity index (χ4n) is 3.68. The number of hydrogen-bond donors (Lipinski definition) is 3. The van der Waals surface area contributed by atoms with Gasteiger partial charge in [0.25, 0.3) is 11.8 Å². The number of anilines is 2. The predicted molar refractivity (Wildman–Crippen MR) is 135 cm³/mol. The summed E-state index contributed by atoms with van der Waals surface area (Å²) in [5.41, 5.74) is 1.78. The first kappa shape index (κ1) is 23.4. The van der Waals surface area contributed by atoms with E-state index < -0.39 is 5.91 Å². The molecule has 2 aromatic carbocycles. The van der Waals surface area contributed by atoms with E-state index in [2.05, 4.69) is 31.5 Å². The maximum atomic E-state index is 13.0. The summed E-state index contributed by atoms with van der Waals surface area (Å²) in [6.45, 7) is 1.78. The first-order chi connectivity index (χ1) is 16.4. The molecule has 1 aliphatic rings. The van der Waals surface area contributed by atoms with Crippen molar-refractivity contribution in [2.24, 2.45) is 0 Å². The van der Waals surface area contributed by atoms with Crippen molar-refractivity contribution in [2.75, 3.05) is 30.8 Å². The van der Waals surface area contributed by atoms with E-state index >= 15 is 0 Å². The van der Waals surface area contributed by atoms with Crippen molar-refractivity contribution in [1.82, 2.24) is 9.88 Å². The summed E-state index contributed by atoms with van der Waals surface area (Å²) < 4.78 is 6.05. The molecule has 1 aliphatic heterocycles. The number of nitrogens with one attached hydrogen (secondary N) is 3. The van der Waals surface area contributed by atoms with E-state index in [1.807, 2.05) is 4.90 Å². The van der Waals surface area contributed by atoms with Crippen molar-refractivity contribution in [3.8, 4) is 5.75 Å². The Morgan fingerprint density at radius 2 is 1.68 bits per heavy atom. The third-order valence-electron chi connectivity index (χ3n) is 5.53. The van der Waals surface area contributed by atoms with Crippen LogP contribution in [0.5, 0.6) is 5.75 Å². The number of methoxy groups -OCH3 is 1. The average molecular weight is 522 g/mol. The second-order valence-electron chi connectivity index (χ2n) is 7.80. The van der Waals surface area contributed by atoms with Crippen molar-refractivity contribution < 1.29 is 14.3 Å². The van der Waals surface area contributed by atoms with Crippen LogP contribution >= 0.6 is 15.9 Å². The monoisotopic (exact) mass is 521 g/mol. The highest BCUT2D eigenvalue weighted by molar-refractivity contribution is 9.10. The molecule has 0 bridgehead atoms. The molecule has 0 unspecified atom stereocenters. The van der Waals surface area contributed by atoms with Gasteiger partial charge in [-0.15, -0.1) is 0 Å². The molecule has 3 N–H and O–H groups in total. The van der Waals surface area contributed by atoms with Gasteiger partial charge in [-0.2, -0.15) is 0 Å². The fourth-order valence-corrected chi connectivity index (χ4v) is 3.91. The lowest BCUT2D eigenvalue weighted by atomic mass is 10.1. The zero-order valence-electron chi connectivity index (χ0n) is 18.6. The van der Waals surface area contributed by atoms with Crippen LogP contribution in [-0.4, -0.2) is 47.7 Å². The number of carbonyl (C=O) groups is 2. The van der Waals surface area contributed by atoms with Crippen LogP contribution in [0.2, 0.25) is 0 Å². The molecule has 1 fully saturated rings. The van der Waals surface area contributed by atoms with Gasteiger partial charge in [0.05, 0.1) is 18.4 Å². The molecule has 0 aliphatic carbocycles. The van der Waals surface area contributed by atoms with E-state index in [1.54, 1.807) is 60.8 Å². The minimum Gasteiger partial charge on any atom is -0.497 e. The van der Waals surface area contributed by atoms with Gasteiger partial charge >= 0.3 is 0 Å². The van der Waals surface area contributed by atoms with Crippen LogP contribution in [0.25, 0.3) is 0 Å². The maximum absolute atomic E-state index is 13.0. The molecule has 8 nitrogen and oxygen atoms in total. The summed E-state index contributed by atoms with van der Waals surface area (Å²) in [4.78, 5) is 32.1. The summed E-state index contributed by atoms with van der Waals surface area (Å²) in [6.07, 6.45) is 3.77. The molecule has 0 atom stereocenters. The molecule has 0 spiro atoms. The first-order valence-electron chi connectivity index (χ1n) is 10.8. The lowest BCUT2D eigenvalue weighted by molar-refractivity contribution is 0.102. The summed E-state index contributed by atoms with van der Waals surface area (Å²) in [6, 6.07) is 15.2. The van der Waals surface area contributed by atoms with Gasteiger partial charge in [0, 0.05) is 34.9 Å². The highest BCUT2D eigenvalue weighted by atomic mass is 79.9. The molecule has 0 saturated carbocycles. The highest BCUT2D eigenvalue weighted by Gasteiger charge is 2.19. The highest BCUT2D eigenvalue weighted by Crippen LogP contribution is 2.24. The topological polar surface area (TPSA) is 107 Å². The van der Waals surface area contributed by atoms with Gasteiger partial charge in [-0.1, -0.05) is 12.1 Å². The van der Waals surface area contributed by atoms with Gasteiger partial charge in [0.15, 0.2) is 0 Å². The number of amidine groups is 1. The molecule has 2 amide bonds. The number of nitrogens with zero attached hydrogens (tertiary/aromatic N) is 2. The van der Waals surface area contributed by atoms with Gasteiger partial charge in [0.1, 0.15) is 17.4 Å². The lowest BCUT2D eigenvalue weighted by Gasteiger charge is -2.18. The van der Waals surface area contributed by atoms with Crippen molar-refractivity contribution in [2.45, 2.75) is 12.8 Å². The maximum Gasteiger partial charge on any atom is 0.259 e. The van der Waals surface area contributed by atoms with E-state index in [1.165, 1.54) is 7.11 Å². The minimum atomic E-state index is -0.432. The molecular weight excluding hydrogens is 498 g/mol. The molecule has 1 aromatic heterocycles. The number of carbonyl (C=O) groups excluding carboxylic acids is 2. The molecule has 34 heavy (non-hydrogen) atoms. The Morgan fingerprint density at radius 1 is 0.971 bits per heavy atom. The summed E-state index contributed by atoms with van der Waals surface area (Å²) in [7, 11) is 1.51. The number of aromatic nitrogens is 1. The molecule has 174 valence electrons. The number of ether oxygens (including phenoxy) is 1. The van der Waals surface area contributed by atoms with E-state index in [9.17, 15) is 9.59 Å². The minimum absolute atomic E-state index is 0.241. The van der Waals surface area contributed by atoms with Crippen LogP contribution in [0.1, 0.15) is 39.1 Å². The SMILES string of the molecule is COc1ccc(NC(=O)c2ccc(C(=N)N3CCCC3)cc2)c(C(=O)Nc2ccc(Br)cn2)c1. The molecular formula is C25H24BrN5O3. The second kappa shape index (κ2) is 10.5. The van der Waals surface area contributed by atoms with Crippen LogP contribution in [0.3, 0.4) is 0 Å². The van der Waals surface area contributed by atoms with Crippen molar-refractivity contribution in [3.63, 3.8) is 0 Å². The predicted octanol–water partition coefficient (Wildman–Crippen LogP) is 4.78. The van der Waals surface area contributed by atoms with Crippen LogP contribution in [0.4, 0.5) is 11.5 Å². The normalized spacial score (nSPS) is 12.8. The number of pyridine rings is 1. The van der Waals surface area contributed by atoms with Crippen LogP contribution in [-0.2, 0) is 0 Å². The molecule has 4 rings (SSSR count). The second-order valence-corrected chi connectivity index (χ2v) is 8.72. The Bertz CT molecular complexity index is 1210. The number of rotatable bonds is 6. The number of likely N-dealkylation sites (tertiary alicyclic amines) is 1. The van der Waals surface area contributed by atoms with Gasteiger partial charge < -0.3 is 20.3 Å². The quantitative estimate of drug-likeness (QED) is 0.319. The van der Waals surface area contributed by atoms with Crippen molar-refractivity contribution >= 4 is 45.1 Å². The van der Waals surface area contributed by atoms with Crippen molar-refractivity contribution in [1.29, 1.82) is 5.41 Å². The van der Waals surface area contributed by atoms with Crippen molar-refractivity contribution in [3.05, 3.63) is 82.0 Å². The van der Waals surface area contributed by atoms with Crippen LogP contribution in [0.15, 0.2) is 65.3 Å². The number of amides is 2. The Hall–Kier alpha value is -3.72. The summed E-state index contributed by atoms with van der Waals surface area (Å²) in [5.74, 6) is 0.541. The Labute approximate surface area is 206 Å². The number of benzene rings is 2. The first-order valence-corrected chi connectivity index (χ1v) is 11.6. The third-order valence-corrected chi connectivity index (χ3v) is 6.00. The smallest absolute Gasteiger partial charge is 0.259 e. The van der Waals surface area contributed by atoms with Gasteiger partial charge in [-0.25, -0.2) is 4.98 Å². The lowest BCUT2D eigenvalue weighted by Crippen LogP contribution is -2.27. The van der Waals surface area contributed by atoms with E-state index in [4.69, 9.17) is 10.1 Å². The Kier molecular flexibility index (Phi) is 7.22.